The molecular weight excluding hydrogens is 464 g/mol. The van der Waals surface area contributed by atoms with Crippen LogP contribution in [-0.4, -0.2) is 21.2 Å². The van der Waals surface area contributed by atoms with Crippen LogP contribution in [0.1, 0.15) is 35.3 Å². The smallest absolute Gasteiger partial charge is 0.267 e. The van der Waals surface area contributed by atoms with Crippen LogP contribution in [0.25, 0.3) is 15.9 Å². The minimum atomic E-state index is -0.261. The van der Waals surface area contributed by atoms with Gasteiger partial charge in [-0.2, -0.15) is 5.26 Å². The second kappa shape index (κ2) is 9.84. The van der Waals surface area contributed by atoms with Crippen LogP contribution in [-0.2, 0) is 17.6 Å². The molecule has 34 heavy (non-hydrogen) atoms. The number of nitriles is 1. The maximum Gasteiger partial charge on any atom is 0.267 e. The molecule has 1 aliphatic carbocycles. The SMILES string of the molecule is N#Cc1ccccc1NC(=O)CSc1nc2sc3c(c2c(=O)n1-c1ccccc1)CCCCC3. The average molecular weight is 487 g/mol. The molecule has 4 aromatic rings. The van der Waals surface area contributed by atoms with Gasteiger partial charge in [0.15, 0.2) is 5.16 Å². The summed E-state index contributed by atoms with van der Waals surface area (Å²) in [5.74, 6) is -0.195. The standard InChI is InChI=1S/C26H22N4O2S2/c27-15-17-9-7-8-13-20(17)28-22(31)16-33-26-29-24-23(19-12-5-2-6-14-21(19)34-24)25(32)30(26)18-10-3-1-4-11-18/h1,3-4,7-11,13H,2,5-6,12,14,16H2,(H,28,31). The maximum absolute atomic E-state index is 13.8. The zero-order valence-electron chi connectivity index (χ0n) is 18.4. The molecule has 5 rings (SSSR count). The first-order valence-corrected chi connectivity index (χ1v) is 13.0. The number of amides is 1. The molecule has 0 saturated carbocycles. The van der Waals surface area contributed by atoms with E-state index in [1.165, 1.54) is 23.1 Å². The lowest BCUT2D eigenvalue weighted by atomic mass is 10.1. The number of aryl methyl sites for hydroxylation is 2. The van der Waals surface area contributed by atoms with Crippen molar-refractivity contribution in [1.29, 1.82) is 5.26 Å². The van der Waals surface area contributed by atoms with Crippen molar-refractivity contribution >= 4 is 44.9 Å². The van der Waals surface area contributed by atoms with Crippen molar-refractivity contribution in [2.24, 2.45) is 0 Å². The van der Waals surface area contributed by atoms with Crippen LogP contribution >= 0.6 is 23.1 Å². The lowest BCUT2D eigenvalue weighted by molar-refractivity contribution is -0.113. The number of nitrogens with zero attached hydrogens (tertiary/aromatic N) is 3. The fourth-order valence-corrected chi connectivity index (χ4v) is 6.39. The first-order chi connectivity index (χ1) is 16.7. The summed E-state index contributed by atoms with van der Waals surface area (Å²) in [4.78, 5) is 33.4. The molecule has 0 unspecified atom stereocenters. The minimum Gasteiger partial charge on any atom is -0.324 e. The van der Waals surface area contributed by atoms with E-state index < -0.39 is 0 Å². The second-order valence-corrected chi connectivity index (χ2v) is 10.1. The van der Waals surface area contributed by atoms with Crippen molar-refractivity contribution in [3.8, 4) is 11.8 Å². The van der Waals surface area contributed by atoms with Crippen LogP contribution in [0.15, 0.2) is 64.5 Å². The molecule has 8 heteroatoms. The Labute approximate surface area is 205 Å². The number of rotatable bonds is 5. The van der Waals surface area contributed by atoms with E-state index in [-0.39, 0.29) is 17.2 Å². The normalized spacial score (nSPS) is 13.1. The molecule has 2 aromatic carbocycles. The maximum atomic E-state index is 13.8. The van der Waals surface area contributed by atoms with E-state index in [9.17, 15) is 14.9 Å². The molecule has 0 spiro atoms. The van der Waals surface area contributed by atoms with Gasteiger partial charge in [0, 0.05) is 4.88 Å². The number of hydrogen-bond acceptors (Lipinski definition) is 6. The second-order valence-electron chi connectivity index (χ2n) is 8.11. The number of anilines is 1. The Bertz CT molecular complexity index is 1470. The highest BCUT2D eigenvalue weighted by Crippen LogP contribution is 2.34. The van der Waals surface area contributed by atoms with Crippen molar-refractivity contribution in [3.05, 3.63) is 81.0 Å². The van der Waals surface area contributed by atoms with Crippen molar-refractivity contribution in [2.75, 3.05) is 11.1 Å². The molecule has 0 fully saturated rings. The molecule has 0 atom stereocenters. The first kappa shape index (κ1) is 22.4. The third kappa shape index (κ3) is 4.37. The quantitative estimate of drug-likeness (QED) is 0.234. The molecular formula is C26H22N4O2S2. The van der Waals surface area contributed by atoms with Crippen LogP contribution < -0.4 is 10.9 Å². The van der Waals surface area contributed by atoms with Gasteiger partial charge in [-0.1, -0.05) is 48.5 Å². The molecule has 1 aliphatic rings. The number of benzene rings is 2. The number of fused-ring (bicyclic) bond motifs is 3. The Kier molecular flexibility index (Phi) is 6.48. The van der Waals surface area contributed by atoms with Gasteiger partial charge in [0.1, 0.15) is 10.9 Å². The van der Waals surface area contributed by atoms with Gasteiger partial charge in [0.25, 0.3) is 5.56 Å². The Hall–Kier alpha value is -3.41. The molecule has 0 bridgehead atoms. The molecule has 0 aliphatic heterocycles. The molecule has 1 amide bonds. The summed E-state index contributed by atoms with van der Waals surface area (Å²) in [6, 6.07) is 18.4. The van der Waals surface area contributed by atoms with Gasteiger partial charge in [-0.15, -0.1) is 11.3 Å². The van der Waals surface area contributed by atoms with Crippen molar-refractivity contribution in [3.63, 3.8) is 0 Å². The molecule has 2 heterocycles. The summed E-state index contributed by atoms with van der Waals surface area (Å²) in [5.41, 5.74) is 2.69. The predicted octanol–water partition coefficient (Wildman–Crippen LogP) is 5.32. The molecule has 2 aromatic heterocycles. The Morgan fingerprint density at radius 2 is 1.85 bits per heavy atom. The number of thioether (sulfide) groups is 1. The molecule has 0 radical (unpaired) electrons. The average Bonchev–Trinajstić information content (AvgIpc) is 3.05. The summed E-state index contributed by atoms with van der Waals surface area (Å²) in [6.45, 7) is 0. The highest BCUT2D eigenvalue weighted by atomic mass is 32.2. The van der Waals surface area contributed by atoms with E-state index in [1.54, 1.807) is 40.2 Å². The Morgan fingerprint density at radius 3 is 2.68 bits per heavy atom. The summed E-state index contributed by atoms with van der Waals surface area (Å²) >= 11 is 2.84. The summed E-state index contributed by atoms with van der Waals surface area (Å²) in [6.07, 6.45) is 5.31. The monoisotopic (exact) mass is 486 g/mol. The number of carbonyl (C=O) groups excluding carboxylic acids is 1. The zero-order valence-corrected chi connectivity index (χ0v) is 20.0. The largest absolute Gasteiger partial charge is 0.324 e. The third-order valence-electron chi connectivity index (χ3n) is 5.88. The number of carbonyl (C=O) groups is 1. The van der Waals surface area contributed by atoms with Gasteiger partial charge in [0.05, 0.1) is 28.1 Å². The van der Waals surface area contributed by atoms with Gasteiger partial charge < -0.3 is 5.32 Å². The van der Waals surface area contributed by atoms with E-state index in [0.29, 0.717) is 16.4 Å². The van der Waals surface area contributed by atoms with Gasteiger partial charge >= 0.3 is 0 Å². The van der Waals surface area contributed by atoms with E-state index in [1.807, 2.05) is 30.3 Å². The van der Waals surface area contributed by atoms with Crippen molar-refractivity contribution < 1.29 is 4.79 Å². The third-order valence-corrected chi connectivity index (χ3v) is 8.00. The number of nitrogens with one attached hydrogen (secondary N) is 1. The Morgan fingerprint density at radius 1 is 1.09 bits per heavy atom. The van der Waals surface area contributed by atoms with E-state index in [0.717, 1.165) is 47.2 Å². The molecule has 170 valence electrons. The van der Waals surface area contributed by atoms with E-state index in [2.05, 4.69) is 11.4 Å². The molecule has 6 nitrogen and oxygen atoms in total. The zero-order chi connectivity index (χ0) is 23.5. The number of para-hydroxylation sites is 2. The van der Waals surface area contributed by atoms with Gasteiger partial charge in [-0.05, 0) is 55.5 Å². The van der Waals surface area contributed by atoms with Crippen LogP contribution in [0.2, 0.25) is 0 Å². The van der Waals surface area contributed by atoms with Crippen LogP contribution in [0.5, 0.6) is 0 Å². The lowest BCUT2D eigenvalue weighted by Gasteiger charge is -2.13. The van der Waals surface area contributed by atoms with E-state index in [4.69, 9.17) is 4.98 Å². The van der Waals surface area contributed by atoms with Crippen LogP contribution in [0, 0.1) is 11.3 Å². The van der Waals surface area contributed by atoms with Crippen molar-refractivity contribution in [1.82, 2.24) is 9.55 Å². The fraction of sp³-hybridized carbons (Fsp3) is 0.231. The topological polar surface area (TPSA) is 87.8 Å². The number of aromatic nitrogens is 2. The minimum absolute atomic E-state index is 0.0651. The lowest BCUT2D eigenvalue weighted by Crippen LogP contribution is -2.23. The highest BCUT2D eigenvalue weighted by Gasteiger charge is 2.22. The summed E-state index contributed by atoms with van der Waals surface area (Å²) in [5, 5.41) is 13.3. The van der Waals surface area contributed by atoms with E-state index >= 15 is 0 Å². The fourth-order valence-electron chi connectivity index (χ4n) is 4.27. The van der Waals surface area contributed by atoms with Crippen LogP contribution in [0.4, 0.5) is 5.69 Å². The Balaban J connectivity index is 1.52. The summed E-state index contributed by atoms with van der Waals surface area (Å²) < 4.78 is 1.63. The van der Waals surface area contributed by atoms with Crippen LogP contribution in [0.3, 0.4) is 0 Å². The van der Waals surface area contributed by atoms with Gasteiger partial charge in [-0.25, -0.2) is 4.98 Å². The summed E-state index contributed by atoms with van der Waals surface area (Å²) in [7, 11) is 0. The van der Waals surface area contributed by atoms with Crippen molar-refractivity contribution in [2.45, 2.75) is 37.3 Å². The predicted molar refractivity (Wildman–Crippen MR) is 137 cm³/mol. The van der Waals surface area contributed by atoms with Gasteiger partial charge in [-0.3, -0.25) is 14.2 Å². The van der Waals surface area contributed by atoms with Gasteiger partial charge in [0.2, 0.25) is 5.91 Å². The molecule has 0 saturated heterocycles. The first-order valence-electron chi connectivity index (χ1n) is 11.2. The highest BCUT2D eigenvalue weighted by molar-refractivity contribution is 7.99. The number of thiophene rings is 1. The number of hydrogen-bond donors (Lipinski definition) is 1. The molecule has 1 N–H and O–H groups in total.